The SMILES string of the molecule is CCOC(=O)c1ccc(N2CCCN(c3ccc(C(=O)OCC)o3)CCN(c3ccc(C(C)=O)o3)CCCN(c3ccc(C(C)=O)o3)CC2)o1. The second kappa shape index (κ2) is 16.8. The topological polar surface area (TPSA) is 152 Å². The van der Waals surface area contributed by atoms with Crippen LogP contribution in [0.15, 0.2) is 66.2 Å². The first kappa shape index (κ1) is 35.9. The number of carbonyl (C=O) groups is 4. The van der Waals surface area contributed by atoms with Gasteiger partial charge in [-0.3, -0.25) is 9.59 Å². The highest BCUT2D eigenvalue weighted by molar-refractivity contribution is 5.92. The Bertz CT molecular complexity index is 1620. The van der Waals surface area contributed by atoms with Crippen LogP contribution in [0.2, 0.25) is 0 Å². The number of anilines is 4. The third kappa shape index (κ3) is 8.98. The van der Waals surface area contributed by atoms with Crippen molar-refractivity contribution in [1.82, 2.24) is 0 Å². The van der Waals surface area contributed by atoms with Crippen LogP contribution < -0.4 is 19.6 Å². The van der Waals surface area contributed by atoms with E-state index in [-0.39, 0.29) is 47.8 Å². The summed E-state index contributed by atoms with van der Waals surface area (Å²) in [5.41, 5.74) is 0. The highest BCUT2D eigenvalue weighted by atomic mass is 16.5. The maximum Gasteiger partial charge on any atom is 0.374 e. The van der Waals surface area contributed by atoms with Gasteiger partial charge in [-0.25, -0.2) is 9.59 Å². The lowest BCUT2D eigenvalue weighted by Gasteiger charge is -2.32. The van der Waals surface area contributed by atoms with Crippen molar-refractivity contribution in [2.45, 2.75) is 40.5 Å². The molecular formula is C36H44N4O10. The molecule has 1 fully saturated rings. The molecule has 0 saturated carbocycles. The molecular weight excluding hydrogens is 648 g/mol. The number of furan rings is 4. The predicted octanol–water partition coefficient (Wildman–Crippen LogP) is 5.94. The minimum Gasteiger partial charge on any atom is -0.460 e. The summed E-state index contributed by atoms with van der Waals surface area (Å²) in [5, 5.41) is 0. The fourth-order valence-corrected chi connectivity index (χ4v) is 5.71. The maximum atomic E-state index is 12.4. The number of nitrogens with zero attached hydrogens (tertiary/aromatic N) is 4. The Hall–Kier alpha value is -5.40. The molecule has 0 aliphatic carbocycles. The van der Waals surface area contributed by atoms with Crippen LogP contribution in [0.3, 0.4) is 0 Å². The zero-order valence-electron chi connectivity index (χ0n) is 29.0. The maximum absolute atomic E-state index is 12.4. The average Bonchev–Trinajstić information content (AvgIpc) is 3.92. The Morgan fingerprint density at radius 3 is 1.02 bits per heavy atom. The second-order valence-electron chi connectivity index (χ2n) is 11.8. The van der Waals surface area contributed by atoms with E-state index >= 15 is 0 Å². The van der Waals surface area contributed by atoms with Crippen LogP contribution in [0.5, 0.6) is 0 Å². The number of rotatable bonds is 10. The molecule has 268 valence electrons. The summed E-state index contributed by atoms with van der Waals surface area (Å²) in [6.45, 7) is 11.1. The standard InChI is InChI=1S/C36H44N4O10/c1-5-45-35(43)29-11-15-33(49-29)39-19-8-20-40(34-16-12-30(50-34)36(44)46-6-2)24-22-38(32-14-10-28(48-32)26(4)42)18-7-17-37(21-23-39)31-13-9-27(47-31)25(3)41/h9-16H,5-8,17-24H2,1-4H3. The molecule has 50 heavy (non-hydrogen) atoms. The molecule has 0 amide bonds. The first-order chi connectivity index (χ1) is 24.2. The van der Waals surface area contributed by atoms with Gasteiger partial charge in [0, 0.05) is 90.5 Å². The number of esters is 2. The normalized spacial score (nSPS) is 15.1. The van der Waals surface area contributed by atoms with E-state index in [0.29, 0.717) is 88.7 Å². The summed E-state index contributed by atoms with van der Waals surface area (Å²) in [4.78, 5) is 57.2. The molecule has 14 nitrogen and oxygen atoms in total. The number of carbonyl (C=O) groups excluding carboxylic acids is 4. The Labute approximate surface area is 290 Å². The fraction of sp³-hybridized carbons (Fsp3) is 0.444. The molecule has 5 rings (SSSR count). The van der Waals surface area contributed by atoms with Crippen molar-refractivity contribution in [1.29, 1.82) is 0 Å². The third-order valence-electron chi connectivity index (χ3n) is 8.25. The van der Waals surface area contributed by atoms with Gasteiger partial charge in [-0.1, -0.05) is 0 Å². The summed E-state index contributed by atoms with van der Waals surface area (Å²) in [6.07, 6.45) is 1.32. The largest absolute Gasteiger partial charge is 0.460 e. The summed E-state index contributed by atoms with van der Waals surface area (Å²) in [6, 6.07) is 13.7. The highest BCUT2D eigenvalue weighted by Crippen LogP contribution is 2.26. The van der Waals surface area contributed by atoms with E-state index < -0.39 is 11.9 Å². The molecule has 4 aromatic rings. The Balaban J connectivity index is 1.44. The van der Waals surface area contributed by atoms with Crippen molar-refractivity contribution >= 4 is 47.0 Å². The van der Waals surface area contributed by atoms with Crippen molar-refractivity contribution < 1.29 is 46.3 Å². The van der Waals surface area contributed by atoms with Crippen LogP contribution in [-0.4, -0.2) is 89.1 Å². The Kier molecular flexibility index (Phi) is 12.1. The molecule has 0 bridgehead atoms. The summed E-state index contributed by atoms with van der Waals surface area (Å²) in [5.74, 6) is 1.56. The Morgan fingerprint density at radius 1 is 0.480 bits per heavy atom. The lowest BCUT2D eigenvalue weighted by Crippen LogP contribution is -2.41. The predicted molar refractivity (Wildman–Crippen MR) is 185 cm³/mol. The zero-order chi connectivity index (χ0) is 35.6. The quantitative estimate of drug-likeness (QED) is 0.142. The second-order valence-corrected chi connectivity index (χ2v) is 11.8. The molecule has 1 saturated heterocycles. The number of hydrogen-bond acceptors (Lipinski definition) is 14. The minimum absolute atomic E-state index is 0.116. The van der Waals surface area contributed by atoms with Gasteiger partial charge in [0.15, 0.2) is 46.6 Å². The van der Waals surface area contributed by atoms with Gasteiger partial charge in [0.2, 0.25) is 11.5 Å². The number of Topliss-reactive ketones (excluding diaryl/α,β-unsaturated/α-hetero) is 2. The van der Waals surface area contributed by atoms with E-state index in [0.717, 1.165) is 0 Å². The average molecular weight is 693 g/mol. The fourth-order valence-electron chi connectivity index (χ4n) is 5.71. The van der Waals surface area contributed by atoms with Gasteiger partial charge in [0.25, 0.3) is 0 Å². The highest BCUT2D eigenvalue weighted by Gasteiger charge is 2.23. The van der Waals surface area contributed by atoms with Crippen LogP contribution in [0.25, 0.3) is 0 Å². The van der Waals surface area contributed by atoms with Gasteiger partial charge >= 0.3 is 11.9 Å². The number of ether oxygens (including phenoxy) is 2. The summed E-state index contributed by atoms with van der Waals surface area (Å²) >= 11 is 0. The van der Waals surface area contributed by atoms with Gasteiger partial charge in [-0.15, -0.1) is 0 Å². The van der Waals surface area contributed by atoms with Crippen LogP contribution in [-0.2, 0) is 9.47 Å². The molecule has 5 heterocycles. The molecule has 0 N–H and O–H groups in total. The van der Waals surface area contributed by atoms with E-state index in [1.807, 2.05) is 0 Å². The zero-order valence-corrected chi connectivity index (χ0v) is 29.0. The first-order valence-electron chi connectivity index (χ1n) is 16.9. The first-order valence-corrected chi connectivity index (χ1v) is 16.9. The van der Waals surface area contributed by atoms with Crippen molar-refractivity contribution in [3.63, 3.8) is 0 Å². The van der Waals surface area contributed by atoms with Crippen molar-refractivity contribution in [3.8, 4) is 0 Å². The van der Waals surface area contributed by atoms with Gasteiger partial charge < -0.3 is 46.7 Å². The lowest BCUT2D eigenvalue weighted by atomic mass is 10.2. The molecule has 0 atom stereocenters. The lowest BCUT2D eigenvalue weighted by molar-refractivity contribution is 0.0482. The van der Waals surface area contributed by atoms with Crippen molar-refractivity contribution in [2.75, 3.05) is 85.2 Å². The summed E-state index contributed by atoms with van der Waals surface area (Å²) in [7, 11) is 0. The molecule has 1 aliphatic heterocycles. The third-order valence-corrected chi connectivity index (χ3v) is 8.25. The van der Waals surface area contributed by atoms with Gasteiger partial charge in [0.1, 0.15) is 0 Å². The van der Waals surface area contributed by atoms with Crippen molar-refractivity contribution in [2.24, 2.45) is 0 Å². The minimum atomic E-state index is -0.534. The van der Waals surface area contributed by atoms with E-state index in [9.17, 15) is 19.2 Å². The smallest absolute Gasteiger partial charge is 0.374 e. The number of hydrogen-bond donors (Lipinski definition) is 0. The molecule has 1 aliphatic rings. The van der Waals surface area contributed by atoms with Crippen LogP contribution in [0, 0.1) is 0 Å². The molecule has 0 unspecified atom stereocenters. The van der Waals surface area contributed by atoms with E-state index in [1.165, 1.54) is 13.8 Å². The molecule has 0 radical (unpaired) electrons. The molecule has 0 spiro atoms. The number of ketones is 2. The van der Waals surface area contributed by atoms with E-state index in [2.05, 4.69) is 19.6 Å². The van der Waals surface area contributed by atoms with Crippen LogP contribution >= 0.6 is 0 Å². The van der Waals surface area contributed by atoms with E-state index in [4.69, 9.17) is 27.1 Å². The molecule has 14 heteroatoms. The van der Waals surface area contributed by atoms with Gasteiger partial charge in [0.05, 0.1) is 13.2 Å². The molecule has 4 aromatic heterocycles. The van der Waals surface area contributed by atoms with E-state index in [1.54, 1.807) is 62.4 Å². The monoisotopic (exact) mass is 692 g/mol. The van der Waals surface area contributed by atoms with Crippen LogP contribution in [0.4, 0.5) is 23.5 Å². The van der Waals surface area contributed by atoms with Gasteiger partial charge in [-0.05, 0) is 51.0 Å². The Morgan fingerprint density at radius 2 is 0.760 bits per heavy atom. The van der Waals surface area contributed by atoms with Crippen LogP contribution in [0.1, 0.15) is 82.8 Å². The van der Waals surface area contributed by atoms with Gasteiger partial charge in [-0.2, -0.15) is 0 Å². The summed E-state index contributed by atoms with van der Waals surface area (Å²) < 4.78 is 34.1. The molecule has 0 aromatic carbocycles. The van der Waals surface area contributed by atoms with Crippen molar-refractivity contribution in [3.05, 3.63) is 71.6 Å².